The van der Waals surface area contributed by atoms with Crippen molar-refractivity contribution in [3.63, 3.8) is 0 Å². The zero-order valence-corrected chi connectivity index (χ0v) is 13.8. The quantitative estimate of drug-likeness (QED) is 0.666. The monoisotopic (exact) mass is 326 g/mol. The van der Waals surface area contributed by atoms with Gasteiger partial charge in [-0.25, -0.2) is 0 Å². The average Bonchev–Trinajstić information content (AvgIpc) is 3.03. The van der Waals surface area contributed by atoms with Gasteiger partial charge in [0.05, 0.1) is 11.0 Å². The Morgan fingerprint density at radius 2 is 2.04 bits per heavy atom. The Hall–Kier alpha value is -2.40. The van der Waals surface area contributed by atoms with Crippen molar-refractivity contribution >= 4 is 11.4 Å². The van der Waals surface area contributed by atoms with Crippen LogP contribution in [0.5, 0.6) is 0 Å². The van der Waals surface area contributed by atoms with E-state index in [0.29, 0.717) is 12.1 Å². The first-order valence-corrected chi connectivity index (χ1v) is 8.31. The van der Waals surface area contributed by atoms with Gasteiger partial charge in [-0.15, -0.1) is 0 Å². The lowest BCUT2D eigenvalue weighted by Gasteiger charge is -2.28. The predicted octanol–water partition coefficient (Wildman–Crippen LogP) is 4.00. The second-order valence-corrected chi connectivity index (χ2v) is 6.40. The van der Waals surface area contributed by atoms with Crippen LogP contribution in [0.3, 0.4) is 0 Å². The largest absolute Gasteiger partial charge is 0.388 e. The summed E-state index contributed by atoms with van der Waals surface area (Å²) in [5.74, 6) is 0. The van der Waals surface area contributed by atoms with Crippen LogP contribution in [0.25, 0.3) is 0 Å². The van der Waals surface area contributed by atoms with Crippen LogP contribution in [0.2, 0.25) is 0 Å². The van der Waals surface area contributed by atoms with Crippen LogP contribution >= 0.6 is 0 Å². The third kappa shape index (κ3) is 3.41. The van der Waals surface area contributed by atoms with Gasteiger partial charge in [-0.05, 0) is 43.4 Å². The first-order valence-electron chi connectivity index (χ1n) is 8.31. The summed E-state index contributed by atoms with van der Waals surface area (Å²) < 4.78 is 0. The summed E-state index contributed by atoms with van der Waals surface area (Å²) in [6.07, 6.45) is 1.95. The van der Waals surface area contributed by atoms with Gasteiger partial charge in [-0.2, -0.15) is 0 Å². The van der Waals surface area contributed by atoms with E-state index in [2.05, 4.69) is 4.90 Å². The van der Waals surface area contributed by atoms with Crippen LogP contribution in [-0.4, -0.2) is 22.6 Å². The molecule has 0 spiro atoms. The van der Waals surface area contributed by atoms with E-state index >= 15 is 0 Å². The Kier molecular flexibility index (Phi) is 4.81. The molecule has 0 saturated carbocycles. The lowest BCUT2D eigenvalue weighted by atomic mass is 10.00. The van der Waals surface area contributed by atoms with Crippen molar-refractivity contribution in [2.75, 3.05) is 11.4 Å². The summed E-state index contributed by atoms with van der Waals surface area (Å²) in [6.45, 7) is 2.65. The van der Waals surface area contributed by atoms with E-state index in [1.54, 1.807) is 6.07 Å². The Labute approximate surface area is 141 Å². The van der Waals surface area contributed by atoms with Crippen LogP contribution in [0.1, 0.15) is 36.5 Å². The van der Waals surface area contributed by atoms with Crippen LogP contribution < -0.4 is 4.90 Å². The average molecular weight is 326 g/mol. The molecule has 2 unspecified atom stereocenters. The molecule has 1 aliphatic heterocycles. The number of hydrogen-bond acceptors (Lipinski definition) is 4. The standard InChI is InChI=1S/C19H22N2O3/c1-14-9-10-17(18(12-14)21(23)24)20-11-5-8-16(20)13-19(22)15-6-3-2-4-7-15/h2-4,6-7,9-10,12,16,19,22H,5,8,11,13H2,1H3. The van der Waals surface area contributed by atoms with Crippen molar-refractivity contribution < 1.29 is 10.0 Å². The van der Waals surface area contributed by atoms with E-state index < -0.39 is 6.10 Å². The molecule has 2 atom stereocenters. The fraction of sp³-hybridized carbons (Fsp3) is 0.368. The molecular formula is C19H22N2O3. The van der Waals surface area contributed by atoms with E-state index in [4.69, 9.17) is 0 Å². The molecule has 5 heteroatoms. The third-order valence-corrected chi connectivity index (χ3v) is 4.69. The molecule has 24 heavy (non-hydrogen) atoms. The predicted molar refractivity (Wildman–Crippen MR) is 94.2 cm³/mol. The third-order valence-electron chi connectivity index (χ3n) is 4.69. The first-order chi connectivity index (χ1) is 11.6. The lowest BCUT2D eigenvalue weighted by molar-refractivity contribution is -0.384. The smallest absolute Gasteiger partial charge is 0.292 e. The number of anilines is 1. The zero-order valence-electron chi connectivity index (χ0n) is 13.8. The van der Waals surface area contributed by atoms with E-state index in [1.165, 1.54) is 0 Å². The van der Waals surface area contributed by atoms with Gasteiger partial charge in [0, 0.05) is 18.7 Å². The highest BCUT2D eigenvalue weighted by Gasteiger charge is 2.31. The molecule has 1 saturated heterocycles. The molecular weight excluding hydrogens is 304 g/mol. The molecule has 3 rings (SSSR count). The molecule has 2 aromatic carbocycles. The molecule has 1 aliphatic rings. The van der Waals surface area contributed by atoms with Gasteiger partial charge < -0.3 is 10.0 Å². The summed E-state index contributed by atoms with van der Waals surface area (Å²) in [6, 6.07) is 15.1. The zero-order chi connectivity index (χ0) is 17.1. The number of nitro groups is 1. The minimum absolute atomic E-state index is 0.113. The highest BCUT2D eigenvalue weighted by atomic mass is 16.6. The molecule has 0 amide bonds. The maximum absolute atomic E-state index is 11.4. The molecule has 2 aromatic rings. The number of hydrogen-bond donors (Lipinski definition) is 1. The number of rotatable bonds is 5. The minimum atomic E-state index is -0.554. The molecule has 5 nitrogen and oxygen atoms in total. The second-order valence-electron chi connectivity index (χ2n) is 6.40. The second kappa shape index (κ2) is 7.01. The molecule has 1 fully saturated rings. The number of aliphatic hydroxyl groups excluding tert-OH is 1. The van der Waals surface area contributed by atoms with Crippen molar-refractivity contribution in [1.29, 1.82) is 0 Å². The highest BCUT2D eigenvalue weighted by Crippen LogP contribution is 2.37. The number of nitro benzene ring substituents is 1. The van der Waals surface area contributed by atoms with Crippen LogP contribution in [0.15, 0.2) is 48.5 Å². The van der Waals surface area contributed by atoms with Gasteiger partial charge in [0.1, 0.15) is 5.69 Å². The first kappa shape index (κ1) is 16.5. The van der Waals surface area contributed by atoms with Gasteiger partial charge in [0.25, 0.3) is 5.69 Å². The minimum Gasteiger partial charge on any atom is -0.388 e. The summed E-state index contributed by atoms with van der Waals surface area (Å²) >= 11 is 0. The topological polar surface area (TPSA) is 66.6 Å². The van der Waals surface area contributed by atoms with Gasteiger partial charge in [0.2, 0.25) is 0 Å². The van der Waals surface area contributed by atoms with Gasteiger partial charge in [-0.1, -0.05) is 36.4 Å². The number of aliphatic hydroxyl groups is 1. The molecule has 1 N–H and O–H groups in total. The Bertz CT molecular complexity index is 718. The summed E-state index contributed by atoms with van der Waals surface area (Å²) in [7, 11) is 0. The van der Waals surface area contributed by atoms with Crippen molar-refractivity contribution in [1.82, 2.24) is 0 Å². The Morgan fingerprint density at radius 1 is 1.29 bits per heavy atom. The molecule has 126 valence electrons. The van der Waals surface area contributed by atoms with E-state index in [9.17, 15) is 15.2 Å². The van der Waals surface area contributed by atoms with Gasteiger partial charge in [0.15, 0.2) is 0 Å². The van der Waals surface area contributed by atoms with Crippen LogP contribution in [0, 0.1) is 17.0 Å². The maximum atomic E-state index is 11.4. The van der Waals surface area contributed by atoms with Gasteiger partial charge >= 0.3 is 0 Å². The molecule has 0 bridgehead atoms. The Morgan fingerprint density at radius 3 is 2.75 bits per heavy atom. The normalized spacial score (nSPS) is 18.6. The van der Waals surface area contributed by atoms with E-state index in [1.807, 2.05) is 49.4 Å². The fourth-order valence-corrected chi connectivity index (χ4v) is 3.49. The number of benzene rings is 2. The SMILES string of the molecule is Cc1ccc(N2CCCC2CC(O)c2ccccc2)c([N+](=O)[O-])c1. The fourth-order valence-electron chi connectivity index (χ4n) is 3.49. The number of aryl methyl sites for hydroxylation is 1. The van der Waals surface area contributed by atoms with Gasteiger partial charge in [-0.3, -0.25) is 10.1 Å². The molecule has 0 radical (unpaired) electrons. The number of nitrogens with zero attached hydrogens (tertiary/aromatic N) is 2. The highest BCUT2D eigenvalue weighted by molar-refractivity contribution is 5.65. The summed E-state index contributed by atoms with van der Waals surface area (Å²) in [5, 5.41) is 21.9. The maximum Gasteiger partial charge on any atom is 0.292 e. The summed E-state index contributed by atoms with van der Waals surface area (Å²) in [4.78, 5) is 13.2. The van der Waals surface area contributed by atoms with E-state index in [-0.39, 0.29) is 16.7 Å². The van der Waals surface area contributed by atoms with Crippen LogP contribution in [0.4, 0.5) is 11.4 Å². The molecule has 0 aliphatic carbocycles. The molecule has 1 heterocycles. The summed E-state index contributed by atoms with van der Waals surface area (Å²) in [5.41, 5.74) is 2.58. The van der Waals surface area contributed by atoms with Crippen molar-refractivity contribution in [2.24, 2.45) is 0 Å². The van der Waals surface area contributed by atoms with Crippen LogP contribution in [-0.2, 0) is 0 Å². The van der Waals surface area contributed by atoms with E-state index in [0.717, 1.165) is 30.5 Å². The lowest BCUT2D eigenvalue weighted by Crippen LogP contribution is -2.31. The Balaban J connectivity index is 1.82. The van der Waals surface area contributed by atoms with Crippen molar-refractivity contribution in [3.8, 4) is 0 Å². The molecule has 0 aromatic heterocycles. The van der Waals surface area contributed by atoms with Crippen molar-refractivity contribution in [3.05, 3.63) is 69.8 Å². The van der Waals surface area contributed by atoms with Crippen molar-refractivity contribution in [2.45, 2.75) is 38.3 Å².